The minimum atomic E-state index is -10.7. The van der Waals surface area contributed by atoms with Gasteiger partial charge in [-0.05, 0) is 94.7 Å². The zero-order valence-electron chi connectivity index (χ0n) is 35.0. The Morgan fingerprint density at radius 2 is 0.463 bits per heavy atom. The molecule has 8 aromatic carbocycles. The van der Waals surface area contributed by atoms with Gasteiger partial charge >= 0.3 is 66.0 Å². The van der Waals surface area contributed by atoms with E-state index in [1.807, 2.05) is 0 Å². The van der Waals surface area contributed by atoms with Crippen LogP contribution in [0.5, 0.6) is 0 Å². The maximum atomic E-state index is 9.87. The fraction of sp³-hybridized carbons (Fsp3) is 0.0612. The minimum Gasteiger partial charge on any atom is -0.0620 e. The Hall–Kier alpha value is -4.52. The molecule has 0 aliphatic heterocycles. The average molecular weight is 1050 g/mol. The second-order valence-electron chi connectivity index (χ2n) is 14.9. The van der Waals surface area contributed by atoms with E-state index in [1.54, 1.807) is 0 Å². The van der Waals surface area contributed by atoms with E-state index in [-0.39, 0.29) is 5.34 Å². The van der Waals surface area contributed by atoms with Crippen LogP contribution in [0.1, 0.15) is 11.1 Å². The van der Waals surface area contributed by atoms with Crippen molar-refractivity contribution in [2.24, 2.45) is 0 Å². The van der Waals surface area contributed by atoms with Crippen molar-refractivity contribution in [2.45, 2.75) is 12.3 Å². The van der Waals surface area contributed by atoms with Crippen molar-refractivity contribution in [1.82, 2.24) is 0 Å². The van der Waals surface area contributed by atoms with Crippen molar-refractivity contribution in [2.75, 3.05) is 5.34 Å². The molecule has 0 heterocycles. The molecule has 0 bridgehead atoms. The molecule has 0 aromatic heterocycles. The second-order valence-corrected chi connectivity index (χ2v) is 26.5. The molecule has 0 radical (unpaired) electrons. The van der Waals surface area contributed by atoms with Crippen molar-refractivity contribution >= 4 is 95.9 Å². The van der Waals surface area contributed by atoms with E-state index >= 15 is 0 Å². The zero-order chi connectivity index (χ0) is 49.2. The first-order valence-electron chi connectivity index (χ1n) is 19.9. The molecule has 0 spiro atoms. The number of fused-ring (bicyclic) bond motifs is 1. The van der Waals surface area contributed by atoms with Crippen LogP contribution in [0.15, 0.2) is 218 Å². The van der Waals surface area contributed by atoms with E-state index in [0.29, 0.717) is 0 Å². The fourth-order valence-corrected chi connectivity index (χ4v) is 16.3. The van der Waals surface area contributed by atoms with Crippen molar-refractivity contribution in [3.63, 3.8) is 0 Å². The quantitative estimate of drug-likeness (QED) is 0.0727. The van der Waals surface area contributed by atoms with Gasteiger partial charge in [0.2, 0.25) is 0 Å². The number of benzene rings is 8. The van der Waals surface area contributed by atoms with Crippen LogP contribution in [0.2, 0.25) is 0 Å². The van der Waals surface area contributed by atoms with Crippen molar-refractivity contribution in [3.8, 4) is 0 Å². The zero-order valence-corrected chi connectivity index (χ0v) is 40.1. The van der Waals surface area contributed by atoms with Crippen LogP contribution in [0, 0.1) is 0 Å². The predicted molar refractivity (Wildman–Crippen MR) is 265 cm³/mol. The normalized spacial score (nSPS) is 13.9. The molecule has 18 heteroatoms. The Bertz CT molecular complexity index is 2410. The van der Waals surface area contributed by atoms with E-state index in [9.17, 15) is 50.4 Å². The fourth-order valence-electron chi connectivity index (χ4n) is 7.81. The molecule has 0 aliphatic rings. The SMILES string of the molecule is ClCCl.F[P-](F)(F)(F)(F)F.F[P-](F)(F)(F)(F)F.c1ccc([P+](Cc2cccc3cccc(C[P+](c4ccccc4)(c4ccccc4)c4ccccc4)c23)(c2ccccc2)c2ccccc2)cc1. The van der Waals surface area contributed by atoms with Crippen LogP contribution >= 0.6 is 53.3 Å². The molecule has 8 rings (SSSR count). The first-order valence-corrected chi connectivity index (χ1v) is 29.0. The molecular weight excluding hydrogens is 1010 g/mol. The molecule has 0 unspecified atom stereocenters. The topological polar surface area (TPSA) is 0 Å². The smallest absolute Gasteiger partial charge is 0.0620 e. The molecule has 0 aliphatic carbocycles. The summed E-state index contributed by atoms with van der Waals surface area (Å²) in [7, 11) is -25.5. The first-order chi connectivity index (χ1) is 31.1. The summed E-state index contributed by atoms with van der Waals surface area (Å²) < 4.78 is 118. The maximum Gasteiger partial charge on any atom is 0.116 e. The van der Waals surface area contributed by atoms with Gasteiger partial charge in [0.05, 0.1) is 17.7 Å². The monoisotopic (exact) mass is 1050 g/mol. The van der Waals surface area contributed by atoms with E-state index in [4.69, 9.17) is 23.2 Å². The molecule has 0 N–H and O–H groups in total. The van der Waals surface area contributed by atoms with Gasteiger partial charge < -0.3 is 0 Å². The molecule has 0 nitrogen and oxygen atoms in total. The minimum absolute atomic E-state index is 0.194. The molecule has 0 fully saturated rings. The summed E-state index contributed by atoms with van der Waals surface area (Å²) in [6, 6.07) is 81.7. The second kappa shape index (κ2) is 19.8. The summed E-state index contributed by atoms with van der Waals surface area (Å²) in [6.45, 7) is 0. The first kappa shape index (κ1) is 53.4. The molecule has 0 atom stereocenters. The van der Waals surface area contributed by atoms with Crippen molar-refractivity contribution in [1.29, 1.82) is 0 Å². The third kappa shape index (κ3) is 16.9. The van der Waals surface area contributed by atoms with Crippen LogP contribution in [0.4, 0.5) is 50.4 Å². The van der Waals surface area contributed by atoms with Gasteiger partial charge in [0, 0.05) is 0 Å². The Morgan fingerprint density at radius 3 is 0.642 bits per heavy atom. The van der Waals surface area contributed by atoms with Crippen molar-refractivity contribution in [3.05, 3.63) is 230 Å². The molecule has 0 saturated heterocycles. The van der Waals surface area contributed by atoms with Crippen LogP contribution in [0.25, 0.3) is 10.8 Å². The van der Waals surface area contributed by atoms with Crippen LogP contribution < -0.4 is 31.8 Å². The van der Waals surface area contributed by atoms with Crippen LogP contribution in [0.3, 0.4) is 0 Å². The third-order valence-corrected chi connectivity index (χ3v) is 18.8. The number of hydrogen-bond donors (Lipinski definition) is 0. The van der Waals surface area contributed by atoms with Gasteiger partial charge in [-0.1, -0.05) is 146 Å². The molecule has 67 heavy (non-hydrogen) atoms. The molecular formula is C49H42Cl2F12P4. The van der Waals surface area contributed by atoms with Gasteiger partial charge in [-0.2, -0.15) is 0 Å². The molecule has 0 saturated carbocycles. The average Bonchev–Trinajstić information content (AvgIpc) is 3.27. The maximum absolute atomic E-state index is 10.7. The van der Waals surface area contributed by atoms with E-state index in [0.717, 1.165) is 12.3 Å². The Kier molecular flexibility index (Phi) is 15.8. The Morgan fingerprint density at radius 1 is 0.284 bits per heavy atom. The van der Waals surface area contributed by atoms with Gasteiger partial charge in [0.15, 0.2) is 0 Å². The van der Waals surface area contributed by atoms with E-state index in [2.05, 4.69) is 218 Å². The summed E-state index contributed by atoms with van der Waals surface area (Å²) in [6.07, 6.45) is 1.87. The number of rotatable bonds is 10. The summed E-state index contributed by atoms with van der Waals surface area (Å²) in [5.74, 6) is 0. The van der Waals surface area contributed by atoms with Crippen LogP contribution in [-0.2, 0) is 12.3 Å². The van der Waals surface area contributed by atoms with E-state index in [1.165, 1.54) is 53.7 Å². The number of halogens is 14. The van der Waals surface area contributed by atoms with Crippen molar-refractivity contribution < 1.29 is 50.4 Å². The summed E-state index contributed by atoms with van der Waals surface area (Å²) >= 11 is 9.53. The summed E-state index contributed by atoms with van der Waals surface area (Å²) in [5, 5.41) is 11.4. The van der Waals surface area contributed by atoms with Gasteiger partial charge in [0.1, 0.15) is 46.4 Å². The Balaban J connectivity index is 0.000000424. The van der Waals surface area contributed by atoms with Gasteiger partial charge in [-0.3, -0.25) is 0 Å². The molecule has 8 aromatic rings. The number of alkyl halides is 2. The number of hydrogen-bond acceptors (Lipinski definition) is 0. The predicted octanol–water partition coefficient (Wildman–Crippen LogP) is 18.0. The van der Waals surface area contributed by atoms with Gasteiger partial charge in [0.25, 0.3) is 0 Å². The van der Waals surface area contributed by atoms with Crippen LogP contribution in [-0.4, -0.2) is 5.34 Å². The summed E-state index contributed by atoms with van der Waals surface area (Å²) in [5.41, 5.74) is 2.82. The third-order valence-electron chi connectivity index (χ3n) is 10.1. The molecule has 356 valence electrons. The Labute approximate surface area is 391 Å². The van der Waals surface area contributed by atoms with Gasteiger partial charge in [-0.25, -0.2) is 0 Å². The largest absolute Gasteiger partial charge is 0.116 e. The van der Waals surface area contributed by atoms with E-state index < -0.39 is 30.1 Å². The standard InChI is InChI=1S/C48H40P2.CH2Cl2.2F6P/c1-7-25-42(26-8-1)49(43-27-9-2-10-28-43,44-29-11-3-12-30-44)37-40-23-19-21-39-22-20-24-41(48(39)40)38-50(45-31-13-4-14-32-45,46-33-15-5-16-34-46)47-35-17-6-18-36-47;2-1-3;2*1-7(2,3,4,5)6/h1-36H,37-38H2;1H2;;/q+2;;2*-1. The summed E-state index contributed by atoms with van der Waals surface area (Å²) in [4.78, 5) is 0. The van der Waals surface area contributed by atoms with Gasteiger partial charge in [-0.15, -0.1) is 23.2 Å². The molecule has 0 amide bonds.